The molecule has 0 amide bonds. The molecule has 0 heterocycles. The second-order valence-corrected chi connectivity index (χ2v) is 9.19. The van der Waals surface area contributed by atoms with Crippen LogP contribution in [0.4, 0.5) is 0 Å². The molecule has 0 aromatic heterocycles. The third-order valence-electron chi connectivity index (χ3n) is 2.10. The minimum absolute atomic E-state index is 0.915. The molecule has 0 atom stereocenters. The molecule has 0 aliphatic rings. The smallest absolute Gasteiger partial charge is 0.0878 e. The standard InChI is InChI=1S/C9H18Br3OP/c10-4-1-7-14(13,8-2-5-11)9-3-6-12/h1-9H2. The molecule has 5 heteroatoms. The molecule has 0 aromatic rings. The van der Waals surface area contributed by atoms with Crippen molar-refractivity contribution >= 4 is 54.9 Å². The minimum atomic E-state index is -1.86. The van der Waals surface area contributed by atoms with Crippen molar-refractivity contribution < 1.29 is 4.57 Å². The molecular formula is C9H18Br3OP. The van der Waals surface area contributed by atoms with Crippen LogP contribution in [0.2, 0.25) is 0 Å². The Hall–Kier alpha value is 1.67. The third kappa shape index (κ3) is 7.90. The predicted molar refractivity (Wildman–Crippen MR) is 77.4 cm³/mol. The first-order valence-electron chi connectivity index (χ1n) is 4.93. The SMILES string of the molecule is O=P(CCCBr)(CCCBr)CCCBr. The molecule has 0 aromatic carbocycles. The summed E-state index contributed by atoms with van der Waals surface area (Å²) in [7, 11) is -1.86. The minimum Gasteiger partial charge on any atom is -0.324 e. The molecule has 0 bridgehead atoms. The van der Waals surface area contributed by atoms with Crippen LogP contribution in [0, 0.1) is 0 Å². The van der Waals surface area contributed by atoms with Gasteiger partial charge in [0.1, 0.15) is 0 Å². The van der Waals surface area contributed by atoms with Crippen LogP contribution in [0.5, 0.6) is 0 Å². The lowest BCUT2D eigenvalue weighted by Crippen LogP contribution is -2.02. The molecule has 0 fully saturated rings. The van der Waals surface area contributed by atoms with Crippen LogP contribution in [0.1, 0.15) is 19.3 Å². The summed E-state index contributed by atoms with van der Waals surface area (Å²) in [5.74, 6) is 0. The van der Waals surface area contributed by atoms with E-state index in [4.69, 9.17) is 0 Å². The van der Waals surface area contributed by atoms with Crippen molar-refractivity contribution in [3.63, 3.8) is 0 Å². The van der Waals surface area contributed by atoms with Gasteiger partial charge >= 0.3 is 0 Å². The first kappa shape index (κ1) is 15.7. The summed E-state index contributed by atoms with van der Waals surface area (Å²) in [6.07, 6.45) is 5.88. The van der Waals surface area contributed by atoms with E-state index in [1.54, 1.807) is 0 Å². The molecule has 0 aliphatic carbocycles. The Morgan fingerprint density at radius 2 is 1.00 bits per heavy atom. The number of alkyl halides is 3. The van der Waals surface area contributed by atoms with E-state index in [1.165, 1.54) is 0 Å². The monoisotopic (exact) mass is 410 g/mol. The Labute approximate surface area is 113 Å². The fourth-order valence-corrected chi connectivity index (χ4v) is 6.39. The number of hydrogen-bond acceptors (Lipinski definition) is 1. The highest BCUT2D eigenvalue weighted by Gasteiger charge is 2.19. The van der Waals surface area contributed by atoms with Gasteiger partial charge in [0.25, 0.3) is 0 Å². The van der Waals surface area contributed by atoms with Gasteiger partial charge in [0, 0.05) is 34.5 Å². The van der Waals surface area contributed by atoms with E-state index in [0.717, 1.165) is 53.7 Å². The quantitative estimate of drug-likeness (QED) is 0.396. The Bertz CT molecular complexity index is 147. The van der Waals surface area contributed by atoms with E-state index in [2.05, 4.69) is 47.8 Å². The fraction of sp³-hybridized carbons (Fsp3) is 1.00. The second kappa shape index (κ2) is 9.86. The summed E-state index contributed by atoms with van der Waals surface area (Å²) in [6, 6.07) is 0. The maximum absolute atomic E-state index is 12.4. The molecule has 0 N–H and O–H groups in total. The number of rotatable bonds is 9. The maximum Gasteiger partial charge on any atom is 0.0878 e. The molecule has 0 saturated carbocycles. The van der Waals surface area contributed by atoms with Crippen LogP contribution in [0.15, 0.2) is 0 Å². The Kier molecular flexibility index (Phi) is 11.0. The summed E-state index contributed by atoms with van der Waals surface area (Å²) >= 11 is 10.2. The first-order chi connectivity index (χ1) is 6.68. The van der Waals surface area contributed by atoms with Gasteiger partial charge in [-0.3, -0.25) is 0 Å². The van der Waals surface area contributed by atoms with E-state index >= 15 is 0 Å². The molecular weight excluding hydrogens is 395 g/mol. The normalized spacial score (nSPS) is 11.9. The molecule has 86 valence electrons. The predicted octanol–water partition coefficient (Wildman–Crippen LogP) is 4.70. The van der Waals surface area contributed by atoms with Gasteiger partial charge in [0.05, 0.1) is 7.14 Å². The van der Waals surface area contributed by atoms with Gasteiger partial charge in [0.2, 0.25) is 0 Å². The topological polar surface area (TPSA) is 17.1 Å². The van der Waals surface area contributed by atoms with E-state index < -0.39 is 7.14 Å². The van der Waals surface area contributed by atoms with E-state index in [1.807, 2.05) is 0 Å². The van der Waals surface area contributed by atoms with Gasteiger partial charge in [-0.2, -0.15) is 0 Å². The Balaban J connectivity index is 3.97. The molecule has 0 saturated heterocycles. The largest absolute Gasteiger partial charge is 0.324 e. The van der Waals surface area contributed by atoms with Crippen LogP contribution < -0.4 is 0 Å². The molecule has 0 spiro atoms. The summed E-state index contributed by atoms with van der Waals surface area (Å²) in [5, 5.41) is 2.92. The fourth-order valence-electron chi connectivity index (χ4n) is 1.38. The lowest BCUT2D eigenvalue weighted by Gasteiger charge is -2.16. The zero-order chi connectivity index (χ0) is 10.9. The van der Waals surface area contributed by atoms with Crippen molar-refractivity contribution in [2.24, 2.45) is 0 Å². The van der Waals surface area contributed by atoms with E-state index in [-0.39, 0.29) is 0 Å². The average molecular weight is 413 g/mol. The molecule has 0 aliphatic heterocycles. The zero-order valence-electron chi connectivity index (χ0n) is 8.35. The number of halogens is 3. The lowest BCUT2D eigenvalue weighted by molar-refractivity contribution is 0.572. The molecule has 14 heavy (non-hydrogen) atoms. The van der Waals surface area contributed by atoms with Crippen molar-refractivity contribution in [3.05, 3.63) is 0 Å². The average Bonchev–Trinajstić information content (AvgIpc) is 2.21. The van der Waals surface area contributed by atoms with Crippen molar-refractivity contribution in [1.29, 1.82) is 0 Å². The Morgan fingerprint density at radius 1 is 0.714 bits per heavy atom. The lowest BCUT2D eigenvalue weighted by atomic mass is 10.6. The molecule has 0 radical (unpaired) electrons. The zero-order valence-corrected chi connectivity index (χ0v) is 14.0. The van der Waals surface area contributed by atoms with Crippen molar-refractivity contribution in [2.45, 2.75) is 19.3 Å². The van der Waals surface area contributed by atoms with Crippen LogP contribution in [-0.2, 0) is 4.57 Å². The van der Waals surface area contributed by atoms with Crippen molar-refractivity contribution in [3.8, 4) is 0 Å². The summed E-state index contributed by atoms with van der Waals surface area (Å²) in [4.78, 5) is 0. The van der Waals surface area contributed by atoms with Gasteiger partial charge in [0.15, 0.2) is 0 Å². The van der Waals surface area contributed by atoms with Crippen LogP contribution in [-0.4, -0.2) is 34.5 Å². The van der Waals surface area contributed by atoms with Crippen LogP contribution in [0.25, 0.3) is 0 Å². The maximum atomic E-state index is 12.4. The summed E-state index contributed by atoms with van der Waals surface area (Å²) in [6.45, 7) is 0. The molecule has 0 rings (SSSR count). The highest BCUT2D eigenvalue weighted by Crippen LogP contribution is 2.47. The molecule has 1 nitrogen and oxygen atoms in total. The highest BCUT2D eigenvalue weighted by atomic mass is 79.9. The van der Waals surface area contributed by atoms with Gasteiger partial charge in [-0.1, -0.05) is 47.8 Å². The van der Waals surface area contributed by atoms with Gasteiger partial charge in [-0.05, 0) is 19.3 Å². The van der Waals surface area contributed by atoms with Crippen LogP contribution in [0.3, 0.4) is 0 Å². The van der Waals surface area contributed by atoms with E-state index in [0.29, 0.717) is 0 Å². The van der Waals surface area contributed by atoms with Crippen molar-refractivity contribution in [2.75, 3.05) is 34.5 Å². The molecule has 0 unspecified atom stereocenters. The first-order valence-corrected chi connectivity index (χ1v) is 10.6. The van der Waals surface area contributed by atoms with E-state index in [9.17, 15) is 4.57 Å². The second-order valence-electron chi connectivity index (χ2n) is 3.36. The van der Waals surface area contributed by atoms with Gasteiger partial charge < -0.3 is 4.57 Å². The number of hydrogen-bond donors (Lipinski definition) is 0. The summed E-state index contributed by atoms with van der Waals surface area (Å²) in [5.41, 5.74) is 0. The highest BCUT2D eigenvalue weighted by molar-refractivity contribution is 9.09. The van der Waals surface area contributed by atoms with Crippen molar-refractivity contribution in [1.82, 2.24) is 0 Å². The van der Waals surface area contributed by atoms with Crippen LogP contribution >= 0.6 is 54.9 Å². The summed E-state index contributed by atoms with van der Waals surface area (Å²) < 4.78 is 12.4. The third-order valence-corrected chi connectivity index (χ3v) is 7.17. The van der Waals surface area contributed by atoms with Gasteiger partial charge in [-0.25, -0.2) is 0 Å². The Morgan fingerprint density at radius 3 is 1.21 bits per heavy atom. The van der Waals surface area contributed by atoms with Gasteiger partial charge in [-0.15, -0.1) is 0 Å².